The molecule has 0 aliphatic carbocycles. The van der Waals surface area contributed by atoms with Crippen LogP contribution < -0.4 is 4.90 Å². The molecule has 1 nitrogen and oxygen atoms in total. The highest BCUT2D eigenvalue weighted by molar-refractivity contribution is 6.22. The van der Waals surface area contributed by atoms with Gasteiger partial charge in [0.25, 0.3) is 0 Å². The Balaban J connectivity index is 1.59. The lowest BCUT2D eigenvalue weighted by Gasteiger charge is -2.20. The van der Waals surface area contributed by atoms with E-state index in [0.29, 0.717) is 17.7 Å². The normalized spacial score (nSPS) is 12.1. The van der Waals surface area contributed by atoms with Gasteiger partial charge in [-0.3, -0.25) is 0 Å². The zero-order valence-corrected chi connectivity index (χ0v) is 25.6. The first-order valence-electron chi connectivity index (χ1n) is 15.1. The Morgan fingerprint density at radius 3 is 1.46 bits per heavy atom. The van der Waals surface area contributed by atoms with Gasteiger partial charge in [-0.2, -0.15) is 26.3 Å². The number of hydrogen-bond donors (Lipinski definition) is 0. The van der Waals surface area contributed by atoms with Crippen LogP contribution in [0.4, 0.5) is 32.0 Å². The van der Waals surface area contributed by atoms with Crippen LogP contribution in [0.5, 0.6) is 0 Å². The minimum Gasteiger partial charge on any atom is -0.344 e. The first-order chi connectivity index (χ1) is 23.0. The van der Waals surface area contributed by atoms with Crippen molar-refractivity contribution in [3.63, 3.8) is 0 Å². The van der Waals surface area contributed by atoms with Gasteiger partial charge in [-0.1, -0.05) is 91.5 Å². The quantitative estimate of drug-likeness (QED) is 0.0686. The molecule has 0 heterocycles. The fraction of sp³-hybridized carbons (Fsp3) is 0.0732. The van der Waals surface area contributed by atoms with Gasteiger partial charge in [0, 0.05) is 18.4 Å². The molecule has 0 amide bonds. The predicted octanol–water partition coefficient (Wildman–Crippen LogP) is 12.7. The number of alkyl halides is 6. The van der Waals surface area contributed by atoms with Gasteiger partial charge in [0.15, 0.2) is 0 Å². The zero-order valence-electron chi connectivity index (χ0n) is 25.6. The molecule has 6 aromatic carbocycles. The molecule has 0 saturated carbocycles. The summed E-state index contributed by atoms with van der Waals surface area (Å²) in [6.45, 7) is 8.16. The van der Waals surface area contributed by atoms with Crippen LogP contribution in [-0.2, 0) is 12.4 Å². The molecule has 0 aliphatic heterocycles. The summed E-state index contributed by atoms with van der Waals surface area (Å²) in [4.78, 5) is 2.02. The van der Waals surface area contributed by atoms with Crippen molar-refractivity contribution < 1.29 is 26.3 Å². The third-order valence-electron chi connectivity index (χ3n) is 8.29. The van der Waals surface area contributed by atoms with Gasteiger partial charge in [0.1, 0.15) is 0 Å². The molecule has 0 unspecified atom stereocenters. The molecule has 0 radical (unpaired) electrons. The summed E-state index contributed by atoms with van der Waals surface area (Å²) < 4.78 is 80.9. The molecule has 240 valence electrons. The number of nitrogens with zero attached hydrogens (tertiary/aromatic N) is 1. The summed E-state index contributed by atoms with van der Waals surface area (Å²) >= 11 is 0. The first kappa shape index (κ1) is 32.4. The van der Waals surface area contributed by atoms with Crippen LogP contribution in [0.25, 0.3) is 54.9 Å². The minimum atomic E-state index is -4.49. The maximum Gasteiger partial charge on any atom is 0.416 e. The van der Waals surface area contributed by atoms with Gasteiger partial charge >= 0.3 is 12.4 Å². The summed E-state index contributed by atoms with van der Waals surface area (Å²) in [6.07, 6.45) is -1.74. The Morgan fingerprint density at radius 1 is 0.521 bits per heavy atom. The van der Waals surface area contributed by atoms with Crippen molar-refractivity contribution in [1.29, 1.82) is 0 Å². The van der Waals surface area contributed by atoms with Gasteiger partial charge in [-0.15, -0.1) is 6.58 Å². The van der Waals surface area contributed by atoms with E-state index >= 15 is 0 Å². The van der Waals surface area contributed by atoms with Gasteiger partial charge in [0.05, 0.1) is 11.1 Å². The summed E-state index contributed by atoms with van der Waals surface area (Å²) in [7, 11) is 0. The third kappa shape index (κ3) is 6.36. The van der Waals surface area contributed by atoms with Crippen molar-refractivity contribution in [3.05, 3.63) is 164 Å². The van der Waals surface area contributed by atoms with Crippen molar-refractivity contribution in [2.24, 2.45) is 0 Å². The monoisotopic (exact) mass is 649 g/mol. The lowest BCUT2D eigenvalue weighted by Crippen LogP contribution is -2.15. The van der Waals surface area contributed by atoms with Gasteiger partial charge < -0.3 is 4.90 Å². The second kappa shape index (κ2) is 12.9. The molecule has 0 atom stereocenters. The van der Waals surface area contributed by atoms with Gasteiger partial charge in [0.2, 0.25) is 0 Å². The molecule has 6 aromatic rings. The van der Waals surface area contributed by atoms with Crippen molar-refractivity contribution in [2.45, 2.75) is 12.4 Å². The Labute approximate surface area is 274 Å². The number of halogens is 6. The van der Waals surface area contributed by atoms with Gasteiger partial charge in [-0.25, -0.2) is 0 Å². The molecular formula is C41H29F6N. The fourth-order valence-corrected chi connectivity index (χ4v) is 6.03. The molecule has 0 N–H and O–H groups in total. The summed E-state index contributed by atoms with van der Waals surface area (Å²) in [5.74, 6) is 0. The van der Waals surface area contributed by atoms with Crippen LogP contribution in [0, 0.1) is 0 Å². The van der Waals surface area contributed by atoms with Crippen LogP contribution in [0.3, 0.4) is 0 Å². The maximum absolute atomic E-state index is 13.5. The molecule has 0 spiro atoms. The Hall–Kier alpha value is -5.56. The third-order valence-corrected chi connectivity index (χ3v) is 8.29. The molecule has 48 heavy (non-hydrogen) atoms. The van der Waals surface area contributed by atoms with Gasteiger partial charge in [-0.05, 0) is 103 Å². The van der Waals surface area contributed by atoms with Crippen LogP contribution in [-0.4, -0.2) is 6.54 Å². The Bertz CT molecular complexity index is 2140. The van der Waals surface area contributed by atoms with E-state index in [-0.39, 0.29) is 0 Å². The maximum atomic E-state index is 13.5. The largest absolute Gasteiger partial charge is 0.416 e. The molecule has 0 aromatic heterocycles. The number of rotatable bonds is 8. The Morgan fingerprint density at radius 2 is 0.979 bits per heavy atom. The van der Waals surface area contributed by atoms with E-state index < -0.39 is 23.5 Å². The van der Waals surface area contributed by atoms with Crippen molar-refractivity contribution >= 4 is 27.2 Å². The van der Waals surface area contributed by atoms with Crippen LogP contribution in [0.2, 0.25) is 0 Å². The zero-order chi connectivity index (χ0) is 34.1. The van der Waals surface area contributed by atoms with E-state index in [2.05, 4.69) is 13.2 Å². The summed E-state index contributed by atoms with van der Waals surface area (Å²) in [5, 5.41) is 3.05. The number of benzene rings is 6. The van der Waals surface area contributed by atoms with Crippen LogP contribution >= 0.6 is 0 Å². The highest BCUT2D eigenvalue weighted by Crippen LogP contribution is 2.46. The molecule has 0 bridgehead atoms. The fourth-order valence-electron chi connectivity index (χ4n) is 6.03. The van der Waals surface area contributed by atoms with E-state index in [1.165, 1.54) is 24.3 Å². The highest BCUT2D eigenvalue weighted by Gasteiger charge is 2.31. The number of allylic oxidation sites excluding steroid dienone is 2. The van der Waals surface area contributed by atoms with E-state index in [0.717, 1.165) is 73.8 Å². The summed E-state index contributed by atoms with van der Waals surface area (Å²) in [6, 6.07) is 31.4. The number of hydrogen-bond acceptors (Lipinski definition) is 1. The molecular weight excluding hydrogens is 620 g/mol. The average molecular weight is 650 g/mol. The number of anilines is 1. The van der Waals surface area contributed by atoms with E-state index in [9.17, 15) is 26.3 Å². The summed E-state index contributed by atoms with van der Waals surface area (Å²) in [5.41, 5.74) is 3.87. The Kier molecular flexibility index (Phi) is 8.71. The smallest absolute Gasteiger partial charge is 0.344 e. The lowest BCUT2D eigenvalue weighted by atomic mass is 9.84. The first-order valence-corrected chi connectivity index (χ1v) is 15.1. The molecule has 6 rings (SSSR count). The standard InChI is InChI=1S/C41H29F6N/c1-3-5-25-48(24-4-2)33-21-14-27(15-22-33)30-16-23-36-37(26-30)39(29-12-19-32(20-13-29)41(45,46)47)35-9-7-6-8-34(35)38(36)28-10-17-31(18-11-28)40(42,43)44/h3-23,25-26H,1-2,24H2. The van der Waals surface area contributed by atoms with Crippen LogP contribution in [0.1, 0.15) is 11.1 Å². The van der Waals surface area contributed by atoms with Crippen LogP contribution in [0.15, 0.2) is 153 Å². The average Bonchev–Trinajstić information content (AvgIpc) is 3.08. The minimum absolute atomic E-state index is 0.588. The molecule has 0 saturated heterocycles. The second-order valence-corrected chi connectivity index (χ2v) is 11.3. The molecule has 7 heteroatoms. The van der Waals surface area contributed by atoms with Crippen molar-refractivity contribution in [3.8, 4) is 33.4 Å². The lowest BCUT2D eigenvalue weighted by molar-refractivity contribution is -0.138. The SMILES string of the molecule is C=CC=CN(CC=C)c1ccc(-c2ccc3c(-c4ccc(C(F)(F)F)cc4)c4ccccc4c(-c4ccc(C(F)(F)F)cc4)c3c2)cc1. The molecule has 0 aliphatic rings. The van der Waals surface area contributed by atoms with E-state index in [4.69, 9.17) is 0 Å². The van der Waals surface area contributed by atoms with Crippen molar-refractivity contribution in [2.75, 3.05) is 11.4 Å². The number of fused-ring (bicyclic) bond motifs is 2. The van der Waals surface area contributed by atoms with Crippen molar-refractivity contribution in [1.82, 2.24) is 0 Å². The topological polar surface area (TPSA) is 3.24 Å². The second-order valence-electron chi connectivity index (χ2n) is 11.3. The molecule has 0 fully saturated rings. The highest BCUT2D eigenvalue weighted by atomic mass is 19.4. The predicted molar refractivity (Wildman–Crippen MR) is 185 cm³/mol. The van der Waals surface area contributed by atoms with E-state index in [1.54, 1.807) is 12.2 Å². The van der Waals surface area contributed by atoms with E-state index in [1.807, 2.05) is 83.9 Å².